The summed E-state index contributed by atoms with van der Waals surface area (Å²) >= 11 is 0. The van der Waals surface area contributed by atoms with E-state index in [9.17, 15) is 9.90 Å². The van der Waals surface area contributed by atoms with E-state index in [1.807, 2.05) is 0 Å². The molecular weight excluding hydrogens is 216 g/mol. The Balaban J connectivity index is 2.64. The minimum atomic E-state index is -1.02. The van der Waals surface area contributed by atoms with Gasteiger partial charge in [-0.1, -0.05) is 20.8 Å². The second-order valence-electron chi connectivity index (χ2n) is 6.69. The van der Waals surface area contributed by atoms with Crippen molar-refractivity contribution < 1.29 is 9.90 Å². The number of rotatable bonds is 3. The van der Waals surface area contributed by atoms with Crippen LogP contribution in [-0.4, -0.2) is 41.1 Å². The van der Waals surface area contributed by atoms with Gasteiger partial charge in [-0.2, -0.15) is 0 Å². The van der Waals surface area contributed by atoms with Gasteiger partial charge in [0.1, 0.15) is 5.54 Å². The van der Waals surface area contributed by atoms with Crippen LogP contribution >= 0.6 is 0 Å². The molecule has 0 spiro atoms. The molecule has 0 bridgehead atoms. The summed E-state index contributed by atoms with van der Waals surface area (Å²) in [6, 6.07) is 0.295. The third-order valence-electron chi connectivity index (χ3n) is 3.53. The first-order valence-corrected chi connectivity index (χ1v) is 6.37. The molecule has 1 aliphatic carbocycles. The Morgan fingerprint density at radius 2 is 2.12 bits per heavy atom. The SMILES string of the molecule is CN(CC(C)(C)C)C1CCCC(N)(C(=O)O)C1. The molecule has 0 aromatic heterocycles. The summed E-state index contributed by atoms with van der Waals surface area (Å²) in [6.45, 7) is 7.55. The van der Waals surface area contributed by atoms with Crippen LogP contribution in [0.2, 0.25) is 0 Å². The van der Waals surface area contributed by atoms with Crippen LogP contribution in [0.15, 0.2) is 0 Å². The zero-order valence-electron chi connectivity index (χ0n) is 11.5. The molecule has 1 aliphatic rings. The van der Waals surface area contributed by atoms with E-state index in [1.165, 1.54) is 0 Å². The Morgan fingerprint density at radius 3 is 2.59 bits per heavy atom. The lowest BCUT2D eigenvalue weighted by Gasteiger charge is -2.41. The van der Waals surface area contributed by atoms with Gasteiger partial charge in [-0.25, -0.2) is 0 Å². The number of carboxylic acid groups (broad SMARTS) is 1. The van der Waals surface area contributed by atoms with Crippen LogP contribution in [0.1, 0.15) is 46.5 Å². The number of carbonyl (C=O) groups is 1. The first-order chi connectivity index (χ1) is 7.64. The molecule has 0 aromatic rings. The van der Waals surface area contributed by atoms with Gasteiger partial charge in [-0.15, -0.1) is 0 Å². The lowest BCUT2D eigenvalue weighted by Crippen LogP contribution is -2.55. The van der Waals surface area contributed by atoms with E-state index >= 15 is 0 Å². The molecule has 0 heterocycles. The first kappa shape index (κ1) is 14.5. The quantitative estimate of drug-likeness (QED) is 0.790. The second kappa shape index (κ2) is 4.94. The molecule has 2 unspecified atom stereocenters. The fourth-order valence-corrected chi connectivity index (χ4v) is 2.73. The van der Waals surface area contributed by atoms with Crippen LogP contribution in [0.3, 0.4) is 0 Å². The van der Waals surface area contributed by atoms with Gasteiger partial charge in [-0.3, -0.25) is 4.79 Å². The summed E-state index contributed by atoms with van der Waals surface area (Å²) in [7, 11) is 2.07. The predicted molar refractivity (Wildman–Crippen MR) is 68.9 cm³/mol. The molecule has 1 fully saturated rings. The van der Waals surface area contributed by atoms with Gasteiger partial charge in [0.15, 0.2) is 0 Å². The largest absolute Gasteiger partial charge is 0.480 e. The van der Waals surface area contributed by atoms with Crippen molar-refractivity contribution in [1.82, 2.24) is 4.90 Å². The van der Waals surface area contributed by atoms with Crippen molar-refractivity contribution in [3.8, 4) is 0 Å². The van der Waals surface area contributed by atoms with Gasteiger partial charge in [-0.05, 0) is 38.1 Å². The molecule has 0 aliphatic heterocycles. The Labute approximate surface area is 104 Å². The first-order valence-electron chi connectivity index (χ1n) is 6.37. The highest BCUT2D eigenvalue weighted by Crippen LogP contribution is 2.30. The smallest absolute Gasteiger partial charge is 0.323 e. The fourth-order valence-electron chi connectivity index (χ4n) is 2.73. The van der Waals surface area contributed by atoms with Crippen LogP contribution < -0.4 is 5.73 Å². The highest BCUT2D eigenvalue weighted by atomic mass is 16.4. The van der Waals surface area contributed by atoms with Crippen molar-refractivity contribution in [2.75, 3.05) is 13.6 Å². The average molecular weight is 242 g/mol. The average Bonchev–Trinajstić information content (AvgIpc) is 2.15. The van der Waals surface area contributed by atoms with Gasteiger partial charge in [0.25, 0.3) is 0 Å². The van der Waals surface area contributed by atoms with E-state index in [1.54, 1.807) is 0 Å². The summed E-state index contributed by atoms with van der Waals surface area (Å²) in [4.78, 5) is 13.5. The Kier molecular flexibility index (Phi) is 4.20. The molecule has 1 saturated carbocycles. The van der Waals surface area contributed by atoms with Crippen LogP contribution in [0.4, 0.5) is 0 Å². The standard InChI is InChI=1S/C13H26N2O2/c1-12(2,3)9-15(4)10-6-5-7-13(14,8-10)11(16)17/h10H,5-9,14H2,1-4H3,(H,16,17). The van der Waals surface area contributed by atoms with Gasteiger partial charge < -0.3 is 15.7 Å². The summed E-state index contributed by atoms with van der Waals surface area (Å²) in [5.41, 5.74) is 5.18. The molecule has 3 N–H and O–H groups in total. The van der Waals surface area contributed by atoms with Crippen molar-refractivity contribution in [2.45, 2.75) is 58.0 Å². The molecule has 2 atom stereocenters. The Morgan fingerprint density at radius 1 is 1.53 bits per heavy atom. The van der Waals surface area contributed by atoms with Crippen LogP contribution in [0, 0.1) is 5.41 Å². The normalized spacial score (nSPS) is 30.6. The van der Waals surface area contributed by atoms with Gasteiger partial charge >= 0.3 is 5.97 Å². The molecular formula is C13H26N2O2. The van der Waals surface area contributed by atoms with E-state index in [2.05, 4.69) is 32.7 Å². The summed E-state index contributed by atoms with van der Waals surface area (Å²) in [5, 5.41) is 9.19. The van der Waals surface area contributed by atoms with Crippen molar-refractivity contribution in [1.29, 1.82) is 0 Å². The Hall–Kier alpha value is -0.610. The lowest BCUT2D eigenvalue weighted by atomic mass is 9.79. The molecule has 0 amide bonds. The number of hydrogen-bond donors (Lipinski definition) is 2. The molecule has 0 radical (unpaired) electrons. The fraction of sp³-hybridized carbons (Fsp3) is 0.923. The molecule has 4 heteroatoms. The van der Waals surface area contributed by atoms with E-state index in [-0.39, 0.29) is 5.41 Å². The maximum atomic E-state index is 11.2. The minimum absolute atomic E-state index is 0.229. The maximum Gasteiger partial charge on any atom is 0.323 e. The second-order valence-corrected chi connectivity index (χ2v) is 6.69. The summed E-state index contributed by atoms with van der Waals surface area (Å²) < 4.78 is 0. The van der Waals surface area contributed by atoms with Gasteiger partial charge in [0.2, 0.25) is 0 Å². The zero-order valence-corrected chi connectivity index (χ0v) is 11.5. The van der Waals surface area contributed by atoms with E-state index < -0.39 is 11.5 Å². The van der Waals surface area contributed by atoms with E-state index in [4.69, 9.17) is 5.73 Å². The molecule has 0 aromatic carbocycles. The van der Waals surface area contributed by atoms with Gasteiger partial charge in [0, 0.05) is 12.6 Å². The molecule has 100 valence electrons. The van der Waals surface area contributed by atoms with Crippen molar-refractivity contribution in [2.24, 2.45) is 11.1 Å². The molecule has 17 heavy (non-hydrogen) atoms. The van der Waals surface area contributed by atoms with Crippen LogP contribution in [0.25, 0.3) is 0 Å². The lowest BCUT2D eigenvalue weighted by molar-refractivity contribution is -0.145. The van der Waals surface area contributed by atoms with Gasteiger partial charge in [0.05, 0.1) is 0 Å². The monoisotopic (exact) mass is 242 g/mol. The van der Waals surface area contributed by atoms with E-state index in [0.29, 0.717) is 18.9 Å². The van der Waals surface area contributed by atoms with Crippen molar-refractivity contribution in [3.05, 3.63) is 0 Å². The number of nitrogens with zero attached hydrogens (tertiary/aromatic N) is 1. The van der Waals surface area contributed by atoms with Crippen LogP contribution in [0.5, 0.6) is 0 Å². The molecule has 4 nitrogen and oxygen atoms in total. The van der Waals surface area contributed by atoms with Crippen molar-refractivity contribution in [3.63, 3.8) is 0 Å². The minimum Gasteiger partial charge on any atom is -0.480 e. The third kappa shape index (κ3) is 3.96. The number of aliphatic carboxylic acids is 1. The summed E-state index contributed by atoms with van der Waals surface area (Å²) in [5.74, 6) is -0.855. The Bertz CT molecular complexity index is 286. The topological polar surface area (TPSA) is 66.6 Å². The number of carboxylic acids is 1. The third-order valence-corrected chi connectivity index (χ3v) is 3.53. The molecule has 0 saturated heterocycles. The number of nitrogens with two attached hydrogens (primary N) is 1. The maximum absolute atomic E-state index is 11.2. The zero-order chi connectivity index (χ0) is 13.3. The summed E-state index contributed by atoms with van der Waals surface area (Å²) in [6.07, 6.45) is 3.12. The van der Waals surface area contributed by atoms with Crippen LogP contribution in [-0.2, 0) is 4.79 Å². The molecule has 1 rings (SSSR count). The van der Waals surface area contributed by atoms with Crippen molar-refractivity contribution >= 4 is 5.97 Å². The highest BCUT2D eigenvalue weighted by Gasteiger charge is 2.40. The number of hydrogen-bond acceptors (Lipinski definition) is 3. The predicted octanol–water partition coefficient (Wildman–Crippen LogP) is 1.69. The highest BCUT2D eigenvalue weighted by molar-refractivity contribution is 5.78. The van der Waals surface area contributed by atoms with E-state index in [0.717, 1.165) is 19.4 Å².